The molecule has 1 aliphatic heterocycles. The fourth-order valence-corrected chi connectivity index (χ4v) is 3.17. The van der Waals surface area contributed by atoms with Gasteiger partial charge in [-0.05, 0) is 46.2 Å². The van der Waals surface area contributed by atoms with E-state index in [0.29, 0.717) is 12.6 Å². The molecule has 2 unspecified atom stereocenters. The van der Waals surface area contributed by atoms with E-state index in [1.807, 2.05) is 30.7 Å². The molecular weight excluding hydrogens is 467 g/mol. The first-order valence-electron chi connectivity index (χ1n) is 9.72. The van der Waals surface area contributed by atoms with Crippen LogP contribution in [0.1, 0.15) is 37.5 Å². The van der Waals surface area contributed by atoms with E-state index in [1.54, 1.807) is 0 Å². The summed E-state index contributed by atoms with van der Waals surface area (Å²) >= 11 is 0. The van der Waals surface area contributed by atoms with Gasteiger partial charge in [0.05, 0.1) is 13.1 Å². The predicted molar refractivity (Wildman–Crippen MR) is 123 cm³/mol. The maximum absolute atomic E-state index is 5.95. The normalized spacial score (nSPS) is 17.3. The highest BCUT2D eigenvalue weighted by atomic mass is 127. The van der Waals surface area contributed by atoms with Gasteiger partial charge in [-0.3, -0.25) is 0 Å². The molecule has 2 N–H and O–H groups in total. The van der Waals surface area contributed by atoms with Crippen LogP contribution in [0, 0.1) is 13.8 Å². The van der Waals surface area contributed by atoms with Gasteiger partial charge in [0.1, 0.15) is 23.5 Å². The second kappa shape index (κ2) is 10.6. The molecule has 1 aliphatic rings. The minimum atomic E-state index is -0.000847. The zero-order valence-corrected chi connectivity index (χ0v) is 19.4. The van der Waals surface area contributed by atoms with Crippen molar-refractivity contribution in [2.24, 2.45) is 4.99 Å². The number of halogens is 1. The molecule has 2 aromatic rings. The molecule has 0 spiro atoms. The van der Waals surface area contributed by atoms with Crippen molar-refractivity contribution in [2.75, 3.05) is 13.1 Å². The molecule has 7 nitrogen and oxygen atoms in total. The third-order valence-corrected chi connectivity index (χ3v) is 4.51. The first-order valence-corrected chi connectivity index (χ1v) is 9.72. The molecule has 1 aromatic carbocycles. The van der Waals surface area contributed by atoms with Crippen molar-refractivity contribution in [3.63, 3.8) is 0 Å². The van der Waals surface area contributed by atoms with Gasteiger partial charge < -0.3 is 15.4 Å². The molecule has 0 amide bonds. The summed E-state index contributed by atoms with van der Waals surface area (Å²) in [7, 11) is 0. The van der Waals surface area contributed by atoms with E-state index >= 15 is 0 Å². The maximum atomic E-state index is 5.95. The van der Waals surface area contributed by atoms with Crippen LogP contribution in [-0.2, 0) is 13.0 Å². The molecule has 2 atom stereocenters. The van der Waals surface area contributed by atoms with E-state index < -0.39 is 0 Å². The Kier molecular flexibility index (Phi) is 8.53. The summed E-state index contributed by atoms with van der Waals surface area (Å²) in [4.78, 5) is 9.17. The van der Waals surface area contributed by atoms with Crippen LogP contribution in [0.4, 0.5) is 0 Å². The second-order valence-electron chi connectivity index (χ2n) is 7.10. The van der Waals surface area contributed by atoms with Crippen LogP contribution in [0.2, 0.25) is 0 Å². The van der Waals surface area contributed by atoms with Gasteiger partial charge >= 0.3 is 0 Å². The first kappa shape index (κ1) is 22.4. The minimum absolute atomic E-state index is 0. The number of aryl methyl sites for hydroxylation is 3. The number of guanidine groups is 1. The number of aliphatic imine (C=N–C) groups is 1. The fraction of sp³-hybridized carbons (Fsp3) is 0.550. The summed E-state index contributed by atoms with van der Waals surface area (Å²) in [5, 5.41) is 11.3. The molecule has 0 radical (unpaired) electrons. The Labute approximate surface area is 184 Å². The Hall–Kier alpha value is -1.84. The van der Waals surface area contributed by atoms with Crippen LogP contribution >= 0.6 is 24.0 Å². The molecule has 2 heterocycles. The van der Waals surface area contributed by atoms with Crippen LogP contribution < -0.4 is 15.4 Å². The Morgan fingerprint density at radius 1 is 1.32 bits per heavy atom. The highest BCUT2D eigenvalue weighted by molar-refractivity contribution is 14.0. The monoisotopic (exact) mass is 498 g/mol. The van der Waals surface area contributed by atoms with Crippen LogP contribution in [0.15, 0.2) is 29.3 Å². The molecule has 8 heteroatoms. The predicted octanol–water partition coefficient (Wildman–Crippen LogP) is 2.85. The average Bonchev–Trinajstić information content (AvgIpc) is 3.01. The molecule has 0 fully saturated rings. The molecule has 0 saturated heterocycles. The maximum Gasteiger partial charge on any atom is 0.191 e. The van der Waals surface area contributed by atoms with Gasteiger partial charge in [-0.15, -0.1) is 24.0 Å². The summed E-state index contributed by atoms with van der Waals surface area (Å²) in [5.41, 5.74) is 1.23. The van der Waals surface area contributed by atoms with Gasteiger partial charge in [-0.1, -0.05) is 17.7 Å². The number of nitrogens with one attached hydrogen (secondary N) is 2. The lowest BCUT2D eigenvalue weighted by atomic mass is 10.1. The van der Waals surface area contributed by atoms with Crippen molar-refractivity contribution in [2.45, 2.75) is 59.2 Å². The van der Waals surface area contributed by atoms with E-state index in [9.17, 15) is 0 Å². The molecular formula is C20H31IN6O. The number of aromatic nitrogens is 3. The van der Waals surface area contributed by atoms with Gasteiger partial charge in [0.25, 0.3) is 0 Å². The summed E-state index contributed by atoms with van der Waals surface area (Å²) in [6.45, 7) is 10.3. The lowest BCUT2D eigenvalue weighted by molar-refractivity contribution is 0.230. The van der Waals surface area contributed by atoms with Crippen molar-refractivity contribution < 1.29 is 4.74 Å². The number of hydrogen-bond donors (Lipinski definition) is 2. The van der Waals surface area contributed by atoms with E-state index in [0.717, 1.165) is 49.3 Å². The van der Waals surface area contributed by atoms with Crippen LogP contribution in [-0.4, -0.2) is 46.0 Å². The number of ether oxygens (including phenoxy) is 1. The summed E-state index contributed by atoms with van der Waals surface area (Å²) in [6.07, 6.45) is 1.96. The number of benzene rings is 1. The Balaban J connectivity index is 0.00000280. The SMILES string of the molecule is CCNC(=NCC(C)Oc1ccc(C)cc1)NC1CCc2nc(C)nn2C1.I. The Bertz CT molecular complexity index is 774. The summed E-state index contributed by atoms with van der Waals surface area (Å²) in [5.74, 6) is 3.62. The smallest absolute Gasteiger partial charge is 0.191 e. The number of fused-ring (bicyclic) bond motifs is 1. The van der Waals surface area contributed by atoms with E-state index in [-0.39, 0.29) is 30.1 Å². The molecule has 3 rings (SSSR count). The van der Waals surface area contributed by atoms with Crippen LogP contribution in [0.3, 0.4) is 0 Å². The van der Waals surface area contributed by atoms with E-state index in [2.05, 4.69) is 46.7 Å². The number of hydrogen-bond acceptors (Lipinski definition) is 4. The minimum Gasteiger partial charge on any atom is -0.489 e. The Morgan fingerprint density at radius 3 is 2.79 bits per heavy atom. The highest BCUT2D eigenvalue weighted by Gasteiger charge is 2.21. The van der Waals surface area contributed by atoms with Gasteiger partial charge in [-0.25, -0.2) is 14.7 Å². The van der Waals surface area contributed by atoms with Crippen molar-refractivity contribution >= 4 is 29.9 Å². The fourth-order valence-electron chi connectivity index (χ4n) is 3.17. The lowest BCUT2D eigenvalue weighted by Crippen LogP contribution is -2.47. The molecule has 0 bridgehead atoms. The molecule has 28 heavy (non-hydrogen) atoms. The van der Waals surface area contributed by atoms with Gasteiger partial charge in [0.2, 0.25) is 0 Å². The third kappa shape index (κ3) is 6.35. The van der Waals surface area contributed by atoms with Crippen molar-refractivity contribution in [3.8, 4) is 5.75 Å². The zero-order valence-electron chi connectivity index (χ0n) is 17.1. The van der Waals surface area contributed by atoms with Crippen molar-refractivity contribution in [3.05, 3.63) is 41.5 Å². The van der Waals surface area contributed by atoms with E-state index in [1.165, 1.54) is 5.56 Å². The topological polar surface area (TPSA) is 76.4 Å². The van der Waals surface area contributed by atoms with Crippen LogP contribution in [0.25, 0.3) is 0 Å². The van der Waals surface area contributed by atoms with Crippen molar-refractivity contribution in [1.82, 2.24) is 25.4 Å². The standard InChI is InChI=1S/C20H30N6O.HI/c1-5-21-20(22-12-15(3)27-18-9-6-14(2)7-10-18)24-17-8-11-19-23-16(4)25-26(19)13-17;/h6-7,9-10,15,17H,5,8,11-13H2,1-4H3,(H2,21,22,24);1H. The second-order valence-corrected chi connectivity index (χ2v) is 7.10. The molecule has 0 aliphatic carbocycles. The van der Waals surface area contributed by atoms with Gasteiger partial charge in [0, 0.05) is 19.0 Å². The summed E-state index contributed by atoms with van der Waals surface area (Å²) in [6, 6.07) is 8.40. The van der Waals surface area contributed by atoms with Gasteiger partial charge in [-0.2, -0.15) is 5.10 Å². The van der Waals surface area contributed by atoms with Crippen molar-refractivity contribution in [1.29, 1.82) is 0 Å². The van der Waals surface area contributed by atoms with Crippen LogP contribution in [0.5, 0.6) is 5.75 Å². The first-order chi connectivity index (χ1) is 13.0. The van der Waals surface area contributed by atoms with E-state index in [4.69, 9.17) is 9.73 Å². The quantitative estimate of drug-likeness (QED) is 0.364. The average molecular weight is 498 g/mol. The molecule has 0 saturated carbocycles. The highest BCUT2D eigenvalue weighted by Crippen LogP contribution is 2.14. The lowest BCUT2D eigenvalue weighted by Gasteiger charge is -2.25. The molecule has 154 valence electrons. The summed E-state index contributed by atoms with van der Waals surface area (Å²) < 4.78 is 7.96. The third-order valence-electron chi connectivity index (χ3n) is 4.51. The Morgan fingerprint density at radius 2 is 2.07 bits per heavy atom. The largest absolute Gasteiger partial charge is 0.489 e. The zero-order chi connectivity index (χ0) is 19.2. The number of rotatable bonds is 6. The van der Waals surface area contributed by atoms with Gasteiger partial charge in [0.15, 0.2) is 5.96 Å². The number of nitrogens with zero attached hydrogens (tertiary/aromatic N) is 4. The molecule has 1 aromatic heterocycles.